The molecule has 0 bridgehead atoms. The lowest BCUT2D eigenvalue weighted by Gasteiger charge is -2.24. The Kier molecular flexibility index (Phi) is 16.4. The van der Waals surface area contributed by atoms with Gasteiger partial charge in [-0.3, -0.25) is 14.6 Å². The van der Waals surface area contributed by atoms with Crippen LogP contribution in [-0.2, 0) is 40.0 Å². The van der Waals surface area contributed by atoms with Gasteiger partial charge >= 0.3 is 5.97 Å². The molecule has 4 aromatic heterocycles. The van der Waals surface area contributed by atoms with Gasteiger partial charge in [0.1, 0.15) is 29.5 Å². The van der Waals surface area contributed by atoms with Crippen molar-refractivity contribution in [3.8, 4) is 34.5 Å². The van der Waals surface area contributed by atoms with Crippen molar-refractivity contribution in [1.29, 1.82) is 0 Å². The van der Waals surface area contributed by atoms with Crippen molar-refractivity contribution in [2.75, 3.05) is 65.4 Å². The molecule has 0 atom stereocenters. The monoisotopic (exact) mass is 848 g/mol. The van der Waals surface area contributed by atoms with Gasteiger partial charge in [0.15, 0.2) is 34.6 Å². The zero-order valence-corrected chi connectivity index (χ0v) is 38.2. The first-order valence-electron chi connectivity index (χ1n) is 20.0. The number of hydrogen-bond acceptors (Lipinski definition) is 15. The molecule has 16 heteroatoms. The number of hydrogen-bond donors (Lipinski definition) is 0. The van der Waals surface area contributed by atoms with E-state index in [1.807, 2.05) is 52.8 Å². The van der Waals surface area contributed by atoms with Crippen molar-refractivity contribution in [3.63, 3.8) is 0 Å². The number of esters is 1. The van der Waals surface area contributed by atoms with Crippen LogP contribution >= 0.6 is 11.6 Å². The summed E-state index contributed by atoms with van der Waals surface area (Å²) in [5, 5.41) is 0.233. The number of ketones is 1. The zero-order valence-electron chi connectivity index (χ0n) is 37.5. The SMILES string of the molecule is CN(CC(=O)OC(C)(C)C)c1nc(Cl)nc2c1CCC2.COc1cnc(-c2nc3c(c(N(C)CC(=O)CC(C)(C)C)n2)CCC3)cc1OC.COc1cnc(C)cc1OC. The molecule has 4 heterocycles. The first-order valence-corrected chi connectivity index (χ1v) is 20.4. The van der Waals surface area contributed by atoms with Gasteiger partial charge in [-0.05, 0) is 83.2 Å². The maximum Gasteiger partial charge on any atom is 0.326 e. The number of halogens is 1. The average Bonchev–Trinajstić information content (AvgIpc) is 3.85. The molecule has 0 unspecified atom stereocenters. The third-order valence-corrected chi connectivity index (χ3v) is 9.52. The average molecular weight is 849 g/mol. The number of ether oxygens (including phenoxy) is 5. The molecule has 326 valence electrons. The maximum atomic E-state index is 12.5. The predicted molar refractivity (Wildman–Crippen MR) is 233 cm³/mol. The molecule has 2 aliphatic carbocycles. The molecule has 0 saturated carbocycles. The number of fused-ring (bicyclic) bond motifs is 2. The summed E-state index contributed by atoms with van der Waals surface area (Å²) in [5.74, 6) is 4.55. The molecule has 0 N–H and O–H groups in total. The third kappa shape index (κ3) is 13.4. The minimum absolute atomic E-state index is 0.0275. The topological polar surface area (TPSA) is 164 Å². The number of nitrogens with zero attached hydrogens (tertiary/aromatic N) is 8. The highest BCUT2D eigenvalue weighted by Crippen LogP contribution is 2.34. The Morgan fingerprint density at radius 2 is 1.20 bits per heavy atom. The van der Waals surface area contributed by atoms with Gasteiger partial charge in [-0.15, -0.1) is 0 Å². The number of methoxy groups -OCH3 is 4. The molecular weight excluding hydrogens is 788 g/mol. The smallest absolute Gasteiger partial charge is 0.326 e. The Bertz CT molecular complexity index is 2120. The fraction of sp³-hybridized carbons (Fsp3) is 0.545. The summed E-state index contributed by atoms with van der Waals surface area (Å²) in [6.07, 6.45) is 9.59. The number of carbonyl (C=O) groups excluding carboxylic acids is 2. The van der Waals surface area contributed by atoms with Crippen molar-refractivity contribution < 1.29 is 33.3 Å². The number of rotatable bonds is 12. The number of pyridine rings is 2. The molecule has 0 saturated heterocycles. The summed E-state index contributed by atoms with van der Waals surface area (Å²) >= 11 is 5.95. The molecule has 0 aliphatic heterocycles. The third-order valence-electron chi connectivity index (χ3n) is 9.35. The largest absolute Gasteiger partial charge is 0.493 e. The number of anilines is 2. The quantitative estimate of drug-likeness (QED) is 0.103. The van der Waals surface area contributed by atoms with Gasteiger partial charge in [0.2, 0.25) is 5.28 Å². The van der Waals surface area contributed by atoms with E-state index in [0.717, 1.165) is 84.1 Å². The van der Waals surface area contributed by atoms with Crippen LogP contribution in [0.5, 0.6) is 23.0 Å². The number of aromatic nitrogens is 6. The molecule has 60 heavy (non-hydrogen) atoms. The summed E-state index contributed by atoms with van der Waals surface area (Å²) in [6, 6.07) is 3.61. The fourth-order valence-corrected chi connectivity index (χ4v) is 7.05. The Hall–Kier alpha value is -5.31. The first-order chi connectivity index (χ1) is 28.2. The van der Waals surface area contributed by atoms with Crippen molar-refractivity contribution in [2.24, 2.45) is 5.41 Å². The van der Waals surface area contributed by atoms with Gasteiger partial charge in [-0.1, -0.05) is 20.8 Å². The van der Waals surface area contributed by atoms with E-state index in [0.29, 0.717) is 41.7 Å². The summed E-state index contributed by atoms with van der Waals surface area (Å²) in [4.78, 5) is 54.7. The van der Waals surface area contributed by atoms with E-state index >= 15 is 0 Å². The van der Waals surface area contributed by atoms with Crippen LogP contribution in [0, 0.1) is 12.3 Å². The van der Waals surface area contributed by atoms with Gasteiger partial charge in [0.05, 0.1) is 53.1 Å². The van der Waals surface area contributed by atoms with Crippen LogP contribution in [0.1, 0.15) is 89.0 Å². The van der Waals surface area contributed by atoms with Gasteiger partial charge in [0.25, 0.3) is 0 Å². The second kappa shape index (κ2) is 20.8. The standard InChI is InChI=1S/C22H30N4O3.C14H20ClN3O2.C8H11NO2/c1-22(2,3)11-14(27)13-26(4)21-15-8-7-9-16(15)24-20(25-21)17-10-18(28-5)19(29-6)12-23-17;1-14(2,3)20-11(19)8-18(4)12-9-6-5-7-10(9)16-13(15)17-12;1-6-4-7(10-2)8(11-3)5-9-6/h10,12H,7-9,11,13H2,1-6H3;5-8H2,1-4H3;4-5H,1-3H3. The summed E-state index contributed by atoms with van der Waals surface area (Å²) < 4.78 is 26.0. The van der Waals surface area contributed by atoms with Crippen LogP contribution in [0.15, 0.2) is 24.5 Å². The van der Waals surface area contributed by atoms with Crippen LogP contribution in [0.25, 0.3) is 11.5 Å². The highest BCUT2D eigenvalue weighted by molar-refractivity contribution is 6.28. The van der Waals surface area contributed by atoms with Crippen molar-refractivity contribution in [3.05, 3.63) is 58.0 Å². The van der Waals surface area contributed by atoms with Gasteiger partial charge in [0, 0.05) is 55.2 Å². The molecule has 0 fully saturated rings. The van der Waals surface area contributed by atoms with Gasteiger partial charge < -0.3 is 33.5 Å². The van der Waals surface area contributed by atoms with Crippen molar-refractivity contribution >= 4 is 35.0 Å². The molecule has 0 aromatic carbocycles. The highest BCUT2D eigenvalue weighted by atomic mass is 35.5. The van der Waals surface area contributed by atoms with E-state index in [4.69, 9.17) is 45.3 Å². The van der Waals surface area contributed by atoms with Crippen molar-refractivity contribution in [1.82, 2.24) is 29.9 Å². The number of carbonyl (C=O) groups is 2. The molecule has 15 nitrogen and oxygen atoms in total. The van der Waals surface area contributed by atoms with Crippen LogP contribution in [-0.4, -0.2) is 103 Å². The molecular formula is C44H61ClN8O7. The summed E-state index contributed by atoms with van der Waals surface area (Å²) in [6.45, 7) is 14.2. The van der Waals surface area contributed by atoms with Crippen LogP contribution in [0.2, 0.25) is 5.28 Å². The molecule has 0 spiro atoms. The second-order valence-electron chi connectivity index (χ2n) is 16.9. The molecule has 0 radical (unpaired) electrons. The van der Waals surface area contributed by atoms with E-state index in [9.17, 15) is 9.59 Å². The summed E-state index contributed by atoms with van der Waals surface area (Å²) in [7, 11) is 10.1. The Balaban J connectivity index is 0.000000220. The van der Waals surface area contributed by atoms with Gasteiger partial charge in [-0.25, -0.2) is 24.9 Å². The Morgan fingerprint density at radius 3 is 1.75 bits per heavy atom. The lowest BCUT2D eigenvalue weighted by molar-refractivity contribution is -0.152. The molecule has 0 amide bonds. The maximum absolute atomic E-state index is 12.5. The fourth-order valence-electron chi connectivity index (χ4n) is 6.87. The lowest BCUT2D eigenvalue weighted by Crippen LogP contribution is -2.33. The minimum Gasteiger partial charge on any atom is -0.493 e. The Morgan fingerprint density at radius 1 is 0.683 bits per heavy atom. The van der Waals surface area contributed by atoms with E-state index < -0.39 is 5.60 Å². The second-order valence-corrected chi connectivity index (χ2v) is 17.3. The van der Waals surface area contributed by atoms with E-state index in [1.165, 1.54) is 0 Å². The molecule has 2 aliphatic rings. The number of aryl methyl sites for hydroxylation is 3. The zero-order chi connectivity index (χ0) is 44.4. The van der Waals surface area contributed by atoms with E-state index in [-0.39, 0.29) is 29.0 Å². The minimum atomic E-state index is -0.483. The lowest BCUT2D eigenvalue weighted by atomic mass is 9.90. The van der Waals surface area contributed by atoms with E-state index in [1.54, 1.807) is 51.8 Å². The van der Waals surface area contributed by atoms with Gasteiger partial charge in [-0.2, -0.15) is 0 Å². The summed E-state index contributed by atoms with van der Waals surface area (Å²) in [5.41, 5.74) is 5.30. The molecule has 6 rings (SSSR count). The normalized spacial score (nSPS) is 12.8. The number of likely N-dealkylation sites (N-methyl/N-ethyl adjacent to an activating group) is 2. The van der Waals surface area contributed by atoms with E-state index in [2.05, 4.69) is 40.7 Å². The highest BCUT2D eigenvalue weighted by Gasteiger charge is 2.26. The number of Topliss-reactive ketones (excluding diaryl/α,β-unsaturated/α-hetero) is 1. The Labute approximate surface area is 359 Å². The first kappa shape index (κ1) is 47.4. The van der Waals surface area contributed by atoms with Crippen LogP contribution in [0.4, 0.5) is 11.6 Å². The predicted octanol–water partition coefficient (Wildman–Crippen LogP) is 7.29. The van der Waals surface area contributed by atoms with Crippen molar-refractivity contribution in [2.45, 2.75) is 99.0 Å². The van der Waals surface area contributed by atoms with Crippen LogP contribution < -0.4 is 28.7 Å². The van der Waals surface area contributed by atoms with Crippen LogP contribution in [0.3, 0.4) is 0 Å². The molecule has 4 aromatic rings.